The third-order valence-electron chi connectivity index (χ3n) is 1.68. The van der Waals surface area contributed by atoms with E-state index in [0.29, 0.717) is 5.02 Å². The summed E-state index contributed by atoms with van der Waals surface area (Å²) in [5.41, 5.74) is 1.59. The lowest BCUT2D eigenvalue weighted by Crippen LogP contribution is -2.30. The summed E-state index contributed by atoms with van der Waals surface area (Å²) in [6.07, 6.45) is -0.490. The highest BCUT2D eigenvalue weighted by atomic mass is 35.5. The van der Waals surface area contributed by atoms with E-state index in [2.05, 4.69) is 8.47 Å². The molecule has 0 saturated carbocycles. The van der Waals surface area contributed by atoms with Crippen LogP contribution in [0.25, 0.3) is 0 Å². The first-order valence-corrected chi connectivity index (χ1v) is 6.66. The molecular formula is C10H10ClNO6S. The van der Waals surface area contributed by atoms with Crippen molar-refractivity contribution >= 4 is 33.7 Å². The molecule has 0 bridgehead atoms. The summed E-state index contributed by atoms with van der Waals surface area (Å²) < 4.78 is 31.2. The Morgan fingerprint density at radius 2 is 1.84 bits per heavy atom. The van der Waals surface area contributed by atoms with Gasteiger partial charge in [-0.25, -0.2) is 5.48 Å². The Labute approximate surface area is 114 Å². The number of rotatable bonds is 6. The van der Waals surface area contributed by atoms with Crippen molar-refractivity contribution in [3.8, 4) is 5.75 Å². The summed E-state index contributed by atoms with van der Waals surface area (Å²) in [6, 6.07) is 5.45. The van der Waals surface area contributed by atoms with Crippen molar-refractivity contribution in [3.05, 3.63) is 29.3 Å². The zero-order valence-electron chi connectivity index (χ0n) is 9.75. The second-order valence-electron chi connectivity index (χ2n) is 3.43. The molecule has 0 aromatic heterocycles. The molecule has 0 atom stereocenters. The summed E-state index contributed by atoms with van der Waals surface area (Å²) in [5, 5.41) is 0.403. The lowest BCUT2D eigenvalue weighted by Gasteiger charge is -2.06. The number of halogens is 1. The highest BCUT2D eigenvalue weighted by molar-refractivity contribution is 7.82. The van der Waals surface area contributed by atoms with Gasteiger partial charge < -0.3 is 4.18 Å². The Morgan fingerprint density at radius 3 is 2.37 bits per heavy atom. The third-order valence-corrected chi connectivity index (χ3v) is 2.61. The molecule has 1 rings (SSSR count). The number of benzene rings is 1. The quantitative estimate of drug-likeness (QED) is 0.621. The van der Waals surface area contributed by atoms with Crippen LogP contribution in [0, 0.1) is 0 Å². The highest BCUT2D eigenvalue weighted by Crippen LogP contribution is 2.17. The van der Waals surface area contributed by atoms with Crippen molar-refractivity contribution in [1.29, 1.82) is 0 Å². The van der Waals surface area contributed by atoms with Crippen molar-refractivity contribution in [2.45, 2.75) is 13.3 Å². The predicted molar refractivity (Wildman–Crippen MR) is 65.5 cm³/mol. The SMILES string of the molecule is CC(=O)CC(=O)NOS(=O)(=O)Oc1ccc(Cl)cc1. The van der Waals surface area contributed by atoms with Gasteiger partial charge in [-0.15, -0.1) is 4.28 Å². The fraction of sp³-hybridized carbons (Fsp3) is 0.200. The minimum Gasteiger partial charge on any atom is -0.360 e. The molecule has 0 unspecified atom stereocenters. The normalized spacial score (nSPS) is 10.8. The number of carbonyl (C=O) groups is 2. The minimum absolute atomic E-state index is 0.0368. The van der Waals surface area contributed by atoms with E-state index in [1.54, 1.807) is 5.48 Å². The Morgan fingerprint density at radius 1 is 1.26 bits per heavy atom. The number of Topliss-reactive ketones (excluding diaryl/α,β-unsaturated/α-hetero) is 1. The van der Waals surface area contributed by atoms with Crippen molar-refractivity contribution in [2.75, 3.05) is 0 Å². The molecule has 1 aromatic carbocycles. The highest BCUT2D eigenvalue weighted by Gasteiger charge is 2.16. The summed E-state index contributed by atoms with van der Waals surface area (Å²) in [4.78, 5) is 21.6. The number of nitrogens with one attached hydrogen (secondary N) is 1. The first kappa shape index (κ1) is 15.4. The number of ketones is 1. The topological polar surface area (TPSA) is 98.8 Å². The van der Waals surface area contributed by atoms with Crippen molar-refractivity contribution in [3.63, 3.8) is 0 Å². The third kappa shape index (κ3) is 6.18. The number of hydrogen-bond donors (Lipinski definition) is 1. The molecule has 1 aromatic rings. The Kier molecular flexibility index (Phi) is 5.28. The average molecular weight is 308 g/mol. The van der Waals surface area contributed by atoms with Gasteiger partial charge in [0, 0.05) is 5.02 Å². The number of carbonyl (C=O) groups excluding carboxylic acids is 2. The molecule has 0 aliphatic carbocycles. The van der Waals surface area contributed by atoms with Crippen LogP contribution in [-0.2, 0) is 24.3 Å². The standard InChI is InChI=1S/C10H10ClNO6S/c1-7(13)6-10(14)12-18-19(15,16)17-9-4-2-8(11)3-5-9/h2-5H,6H2,1H3,(H,12,14). The maximum Gasteiger partial charge on any atom is 0.470 e. The van der Waals surface area contributed by atoms with Crippen LogP contribution in [0.15, 0.2) is 24.3 Å². The first-order valence-electron chi connectivity index (χ1n) is 4.95. The van der Waals surface area contributed by atoms with Crippen LogP contribution >= 0.6 is 11.6 Å². The second-order valence-corrected chi connectivity index (χ2v) is 5.02. The van der Waals surface area contributed by atoms with E-state index in [-0.39, 0.29) is 5.75 Å². The summed E-state index contributed by atoms with van der Waals surface area (Å²) >= 11 is 5.61. The van der Waals surface area contributed by atoms with Crippen LogP contribution in [0.2, 0.25) is 5.02 Å². The minimum atomic E-state index is -4.46. The van der Waals surface area contributed by atoms with E-state index in [1.807, 2.05) is 0 Å². The molecular weight excluding hydrogens is 298 g/mol. The summed E-state index contributed by atoms with van der Waals surface area (Å²) in [5.74, 6) is -1.36. The molecule has 0 saturated heterocycles. The van der Waals surface area contributed by atoms with Crippen LogP contribution in [-0.4, -0.2) is 20.1 Å². The molecule has 19 heavy (non-hydrogen) atoms. The molecule has 104 valence electrons. The Hall–Kier alpha value is -1.64. The fourth-order valence-electron chi connectivity index (χ4n) is 0.985. The zero-order chi connectivity index (χ0) is 14.5. The van der Waals surface area contributed by atoms with E-state index < -0.39 is 28.5 Å². The van der Waals surface area contributed by atoms with Crippen molar-refractivity contribution < 1.29 is 26.5 Å². The smallest absolute Gasteiger partial charge is 0.360 e. The molecule has 0 aliphatic heterocycles. The van der Waals surface area contributed by atoms with Crippen LogP contribution in [0.3, 0.4) is 0 Å². The van der Waals surface area contributed by atoms with Gasteiger partial charge in [-0.2, -0.15) is 8.42 Å². The molecule has 7 nitrogen and oxygen atoms in total. The van der Waals surface area contributed by atoms with Gasteiger partial charge in [0.25, 0.3) is 5.91 Å². The maximum atomic E-state index is 11.3. The van der Waals surface area contributed by atoms with Gasteiger partial charge in [0.05, 0.1) is 6.42 Å². The molecule has 1 amide bonds. The maximum absolute atomic E-state index is 11.3. The average Bonchev–Trinajstić information content (AvgIpc) is 2.29. The number of amides is 1. The van der Waals surface area contributed by atoms with E-state index in [4.69, 9.17) is 11.6 Å². The van der Waals surface area contributed by atoms with Crippen LogP contribution in [0.1, 0.15) is 13.3 Å². The van der Waals surface area contributed by atoms with Gasteiger partial charge in [0.2, 0.25) is 0 Å². The van der Waals surface area contributed by atoms with E-state index in [1.165, 1.54) is 31.2 Å². The van der Waals surface area contributed by atoms with Gasteiger partial charge in [-0.3, -0.25) is 9.59 Å². The monoisotopic (exact) mass is 307 g/mol. The molecule has 1 N–H and O–H groups in total. The summed E-state index contributed by atoms with van der Waals surface area (Å²) in [6.45, 7) is 1.18. The van der Waals surface area contributed by atoms with Gasteiger partial charge in [-0.1, -0.05) is 11.6 Å². The van der Waals surface area contributed by atoms with E-state index >= 15 is 0 Å². The number of hydroxylamine groups is 1. The van der Waals surface area contributed by atoms with Gasteiger partial charge in [-0.05, 0) is 31.2 Å². The van der Waals surface area contributed by atoms with Crippen molar-refractivity contribution in [1.82, 2.24) is 5.48 Å². The van der Waals surface area contributed by atoms with E-state index in [9.17, 15) is 18.0 Å². The van der Waals surface area contributed by atoms with Gasteiger partial charge in [0.15, 0.2) is 0 Å². The summed E-state index contributed by atoms with van der Waals surface area (Å²) in [7, 11) is -4.46. The molecule has 0 aliphatic rings. The molecule has 9 heteroatoms. The Bertz CT molecular complexity index is 568. The van der Waals surface area contributed by atoms with Gasteiger partial charge in [0.1, 0.15) is 11.5 Å². The van der Waals surface area contributed by atoms with Crippen LogP contribution in [0.5, 0.6) is 5.75 Å². The second kappa shape index (κ2) is 6.50. The molecule has 0 fully saturated rings. The van der Waals surface area contributed by atoms with Crippen LogP contribution < -0.4 is 9.66 Å². The molecule has 0 radical (unpaired) electrons. The Balaban J connectivity index is 2.55. The first-order chi connectivity index (χ1) is 8.78. The zero-order valence-corrected chi connectivity index (χ0v) is 11.3. The van der Waals surface area contributed by atoms with E-state index in [0.717, 1.165) is 0 Å². The molecule has 0 spiro atoms. The lowest BCUT2D eigenvalue weighted by molar-refractivity contribution is -0.132. The fourth-order valence-corrected chi connectivity index (χ4v) is 1.69. The van der Waals surface area contributed by atoms with Crippen molar-refractivity contribution in [2.24, 2.45) is 0 Å². The number of hydrogen-bond acceptors (Lipinski definition) is 6. The molecule has 0 heterocycles. The van der Waals surface area contributed by atoms with Gasteiger partial charge >= 0.3 is 10.4 Å². The lowest BCUT2D eigenvalue weighted by atomic mass is 10.3. The van der Waals surface area contributed by atoms with Crippen LogP contribution in [0.4, 0.5) is 0 Å². The largest absolute Gasteiger partial charge is 0.470 e. The predicted octanol–water partition coefficient (Wildman–Crippen LogP) is 0.990.